The summed E-state index contributed by atoms with van der Waals surface area (Å²) in [6.07, 6.45) is 0. The minimum absolute atomic E-state index is 0. The van der Waals surface area contributed by atoms with E-state index in [9.17, 15) is 0 Å². The zero-order chi connectivity index (χ0) is 5.91. The summed E-state index contributed by atoms with van der Waals surface area (Å²) in [5.74, 6) is 0. The molecule has 0 aromatic carbocycles. The third-order valence-corrected chi connectivity index (χ3v) is 0.856. The topological polar surface area (TPSA) is 40.5 Å². The molecular formula is C5H14CaO2. The first-order valence-electron chi connectivity index (χ1n) is 2.34. The quantitative estimate of drug-likeness (QED) is 0.532. The van der Waals surface area contributed by atoms with E-state index in [2.05, 4.69) is 0 Å². The summed E-state index contributed by atoms with van der Waals surface area (Å²) in [7, 11) is 0. The fourth-order valence-electron chi connectivity index (χ4n) is 0.0500. The first kappa shape index (κ1) is 11.9. The van der Waals surface area contributed by atoms with Crippen molar-refractivity contribution in [3.05, 3.63) is 0 Å². The van der Waals surface area contributed by atoms with Gasteiger partial charge >= 0.3 is 37.7 Å². The van der Waals surface area contributed by atoms with Crippen LogP contribution in [0.5, 0.6) is 0 Å². The summed E-state index contributed by atoms with van der Waals surface area (Å²) in [6, 6.07) is 0. The molecule has 0 heterocycles. The predicted octanol–water partition coefficient (Wildman–Crippen LogP) is -0.159. The zero-order valence-electron chi connectivity index (χ0n) is 7.52. The molecule has 0 saturated carbocycles. The van der Waals surface area contributed by atoms with Crippen molar-refractivity contribution in [1.82, 2.24) is 0 Å². The summed E-state index contributed by atoms with van der Waals surface area (Å²) < 4.78 is 0. The van der Waals surface area contributed by atoms with Gasteiger partial charge in [0.15, 0.2) is 0 Å². The Morgan fingerprint density at radius 3 is 1.50 bits per heavy atom. The van der Waals surface area contributed by atoms with E-state index in [4.69, 9.17) is 10.2 Å². The monoisotopic (exact) mass is 146 g/mol. The van der Waals surface area contributed by atoms with Crippen molar-refractivity contribution in [1.29, 1.82) is 0 Å². The molecule has 0 unspecified atom stereocenters. The summed E-state index contributed by atoms with van der Waals surface area (Å²) in [5.41, 5.74) is -0.306. The Morgan fingerprint density at radius 2 is 1.50 bits per heavy atom. The minimum atomic E-state index is -0.306. The van der Waals surface area contributed by atoms with Gasteiger partial charge < -0.3 is 13.1 Å². The van der Waals surface area contributed by atoms with E-state index >= 15 is 0 Å². The number of hydrogen-bond acceptors (Lipinski definition) is 2. The Balaban J connectivity index is -0.0000000600. The van der Waals surface area contributed by atoms with Crippen LogP contribution in [0.15, 0.2) is 0 Å². The summed E-state index contributed by atoms with van der Waals surface area (Å²) in [4.78, 5) is 0. The number of hydrogen-bond donors (Lipinski definition) is 2. The Morgan fingerprint density at radius 1 is 1.25 bits per heavy atom. The van der Waals surface area contributed by atoms with Crippen LogP contribution in [0.3, 0.4) is 0 Å². The van der Waals surface area contributed by atoms with E-state index in [0.717, 1.165) is 0 Å². The molecule has 0 saturated heterocycles. The fourth-order valence-corrected chi connectivity index (χ4v) is 0.0500. The van der Waals surface area contributed by atoms with Gasteiger partial charge in [0.2, 0.25) is 0 Å². The molecule has 0 fully saturated rings. The molecular weight excluding hydrogens is 132 g/mol. The van der Waals surface area contributed by atoms with Gasteiger partial charge in [-0.15, -0.1) is 0 Å². The van der Waals surface area contributed by atoms with Crippen LogP contribution in [0.25, 0.3) is 0 Å². The number of aliphatic hydroxyl groups excluding tert-OH is 2. The molecule has 0 bridgehead atoms. The van der Waals surface area contributed by atoms with Crippen molar-refractivity contribution < 1.29 is 13.1 Å². The molecule has 0 aliphatic carbocycles. The molecule has 2 nitrogen and oxygen atoms in total. The Kier molecular flexibility index (Phi) is 7.45. The van der Waals surface area contributed by atoms with Crippen LogP contribution in [-0.2, 0) is 0 Å². The maximum atomic E-state index is 8.43. The average molecular weight is 146 g/mol. The molecule has 0 amide bonds. The molecule has 2 N–H and O–H groups in total. The Hall–Kier alpha value is 1.18. The Bertz CT molecular complexity index is 55.6. The third kappa shape index (κ3) is 5.32. The van der Waals surface area contributed by atoms with Gasteiger partial charge in [-0.3, -0.25) is 0 Å². The second kappa shape index (κ2) is 5.00. The van der Waals surface area contributed by atoms with Gasteiger partial charge in [0.25, 0.3) is 0 Å². The zero-order valence-corrected chi connectivity index (χ0v) is 7.72. The van der Waals surface area contributed by atoms with Crippen molar-refractivity contribution in [2.75, 3.05) is 13.2 Å². The molecule has 0 atom stereocenters. The number of rotatable bonds is 2. The van der Waals surface area contributed by atoms with Crippen LogP contribution in [-0.4, -0.2) is 61.2 Å². The van der Waals surface area contributed by atoms with Gasteiger partial charge in [-0.2, -0.15) is 0 Å². The van der Waals surface area contributed by atoms with Crippen molar-refractivity contribution in [2.24, 2.45) is 5.41 Å². The largest absolute Gasteiger partial charge is 2.00 e. The van der Waals surface area contributed by atoms with Gasteiger partial charge in [0, 0.05) is 5.41 Å². The molecule has 0 radical (unpaired) electrons. The maximum absolute atomic E-state index is 8.43. The SMILES string of the molecule is CC(C)(CO)CO.[Ca+2].[H-].[H-]. The first-order valence-corrected chi connectivity index (χ1v) is 2.34. The molecule has 0 spiro atoms. The molecule has 0 aromatic rings. The molecule has 0 rings (SSSR count). The average Bonchev–Trinajstić information content (AvgIpc) is 1.68. The van der Waals surface area contributed by atoms with Gasteiger partial charge in [-0.1, -0.05) is 13.8 Å². The van der Waals surface area contributed by atoms with Crippen LogP contribution in [0, 0.1) is 5.41 Å². The smallest absolute Gasteiger partial charge is 1.00 e. The molecule has 0 aromatic heterocycles. The van der Waals surface area contributed by atoms with Gasteiger partial charge in [-0.05, 0) is 0 Å². The van der Waals surface area contributed by atoms with Gasteiger partial charge in [-0.25, -0.2) is 0 Å². The molecule has 0 aliphatic heterocycles. The molecule has 3 heteroatoms. The fraction of sp³-hybridized carbons (Fsp3) is 1.00. The van der Waals surface area contributed by atoms with E-state index in [1.807, 2.05) is 0 Å². The standard InChI is InChI=1S/C5H12O2.Ca.2H/c1-5(2,3-6)4-7;;;/h6-7H,3-4H2,1-2H3;;;/q;+2;2*-1. The second-order valence-electron chi connectivity index (χ2n) is 2.48. The van der Waals surface area contributed by atoms with Crippen LogP contribution in [0.2, 0.25) is 0 Å². The van der Waals surface area contributed by atoms with Crippen LogP contribution in [0.1, 0.15) is 16.7 Å². The van der Waals surface area contributed by atoms with E-state index in [1.54, 1.807) is 13.8 Å². The van der Waals surface area contributed by atoms with Crippen molar-refractivity contribution in [3.63, 3.8) is 0 Å². The van der Waals surface area contributed by atoms with Gasteiger partial charge in [0.1, 0.15) is 0 Å². The third-order valence-electron chi connectivity index (χ3n) is 0.856. The molecule has 8 heavy (non-hydrogen) atoms. The summed E-state index contributed by atoms with van der Waals surface area (Å²) in [5, 5.41) is 16.9. The van der Waals surface area contributed by atoms with E-state index in [0.29, 0.717) is 0 Å². The van der Waals surface area contributed by atoms with Crippen LogP contribution >= 0.6 is 0 Å². The van der Waals surface area contributed by atoms with E-state index in [1.165, 1.54) is 0 Å². The van der Waals surface area contributed by atoms with Crippen molar-refractivity contribution in [3.8, 4) is 0 Å². The molecule has 48 valence electrons. The minimum Gasteiger partial charge on any atom is -1.00 e. The van der Waals surface area contributed by atoms with Gasteiger partial charge in [0.05, 0.1) is 13.2 Å². The first-order chi connectivity index (χ1) is 3.12. The maximum Gasteiger partial charge on any atom is 2.00 e. The van der Waals surface area contributed by atoms with Crippen molar-refractivity contribution >= 4 is 37.7 Å². The summed E-state index contributed by atoms with van der Waals surface area (Å²) in [6.45, 7) is 3.69. The van der Waals surface area contributed by atoms with Crippen molar-refractivity contribution in [2.45, 2.75) is 13.8 Å². The summed E-state index contributed by atoms with van der Waals surface area (Å²) >= 11 is 0. The Labute approximate surface area is 82.9 Å². The van der Waals surface area contributed by atoms with E-state index in [-0.39, 0.29) is 59.2 Å². The normalized spacial score (nSPS) is 10.5. The van der Waals surface area contributed by atoms with Crippen LogP contribution < -0.4 is 0 Å². The van der Waals surface area contributed by atoms with Crippen LogP contribution in [0.4, 0.5) is 0 Å². The second-order valence-corrected chi connectivity index (χ2v) is 2.48. The number of aliphatic hydroxyl groups is 2. The molecule has 0 aliphatic rings. The van der Waals surface area contributed by atoms with E-state index < -0.39 is 0 Å². The predicted molar refractivity (Wildman–Crippen MR) is 35.9 cm³/mol.